The average molecular weight is 237 g/mol. The van der Waals surface area contributed by atoms with Crippen LogP contribution in [0.2, 0.25) is 0 Å². The molecule has 0 saturated heterocycles. The SMILES string of the molecule is CC(C)(C)c1cc(=O)c2ccc(F)c(F)c2[nH]1. The van der Waals surface area contributed by atoms with E-state index in [2.05, 4.69) is 4.98 Å². The summed E-state index contributed by atoms with van der Waals surface area (Å²) in [5.41, 5.74) is -0.115. The van der Waals surface area contributed by atoms with Crippen molar-refractivity contribution in [3.05, 3.63) is 45.8 Å². The van der Waals surface area contributed by atoms with E-state index in [1.165, 1.54) is 12.1 Å². The standard InChI is InChI=1S/C13H13F2NO/c1-13(2,3)10-6-9(17)7-4-5-8(14)11(15)12(7)16-10/h4-6H,1-3H3,(H,16,17). The van der Waals surface area contributed by atoms with Gasteiger partial charge in [0.15, 0.2) is 17.1 Å². The third kappa shape index (κ3) is 1.95. The number of hydrogen-bond donors (Lipinski definition) is 1. The zero-order valence-electron chi connectivity index (χ0n) is 9.90. The number of rotatable bonds is 0. The maximum Gasteiger partial charge on any atom is 0.189 e. The van der Waals surface area contributed by atoms with Crippen LogP contribution in [-0.2, 0) is 5.41 Å². The molecular formula is C13H13F2NO. The van der Waals surface area contributed by atoms with Gasteiger partial charge >= 0.3 is 0 Å². The van der Waals surface area contributed by atoms with E-state index < -0.39 is 11.6 Å². The van der Waals surface area contributed by atoms with Gasteiger partial charge in [-0.25, -0.2) is 8.78 Å². The molecule has 2 rings (SSSR count). The molecule has 0 atom stereocenters. The molecule has 0 unspecified atom stereocenters. The maximum atomic E-state index is 13.6. The minimum atomic E-state index is -1.01. The fraction of sp³-hybridized carbons (Fsp3) is 0.308. The highest BCUT2D eigenvalue weighted by molar-refractivity contribution is 5.79. The number of fused-ring (bicyclic) bond motifs is 1. The highest BCUT2D eigenvalue weighted by atomic mass is 19.2. The molecule has 90 valence electrons. The lowest BCUT2D eigenvalue weighted by Gasteiger charge is -2.19. The van der Waals surface area contributed by atoms with Crippen LogP contribution in [0.1, 0.15) is 26.5 Å². The van der Waals surface area contributed by atoms with Crippen molar-refractivity contribution in [3.8, 4) is 0 Å². The largest absolute Gasteiger partial charge is 0.355 e. The lowest BCUT2D eigenvalue weighted by molar-refractivity contribution is 0.513. The zero-order chi connectivity index (χ0) is 12.8. The highest BCUT2D eigenvalue weighted by Crippen LogP contribution is 2.22. The summed E-state index contributed by atoms with van der Waals surface area (Å²) in [6.07, 6.45) is 0. The minimum absolute atomic E-state index is 0.0672. The zero-order valence-corrected chi connectivity index (χ0v) is 9.90. The van der Waals surface area contributed by atoms with Crippen molar-refractivity contribution >= 4 is 10.9 Å². The molecular weight excluding hydrogens is 224 g/mol. The van der Waals surface area contributed by atoms with Gasteiger partial charge in [-0.1, -0.05) is 20.8 Å². The minimum Gasteiger partial charge on any atom is -0.355 e. The van der Waals surface area contributed by atoms with Gasteiger partial charge in [0, 0.05) is 22.6 Å². The molecule has 0 radical (unpaired) electrons. The van der Waals surface area contributed by atoms with Gasteiger partial charge in [-0.05, 0) is 12.1 Å². The third-order valence-electron chi connectivity index (χ3n) is 2.70. The summed E-state index contributed by atoms with van der Waals surface area (Å²) in [4.78, 5) is 14.6. The second-order valence-corrected chi connectivity index (χ2v) is 5.08. The first-order valence-corrected chi connectivity index (χ1v) is 5.32. The van der Waals surface area contributed by atoms with E-state index in [9.17, 15) is 13.6 Å². The number of pyridine rings is 1. The fourth-order valence-electron chi connectivity index (χ4n) is 1.66. The normalized spacial score (nSPS) is 12.1. The van der Waals surface area contributed by atoms with Crippen molar-refractivity contribution in [2.45, 2.75) is 26.2 Å². The lowest BCUT2D eigenvalue weighted by Crippen LogP contribution is -2.18. The number of aromatic nitrogens is 1. The van der Waals surface area contributed by atoms with E-state index in [0.717, 1.165) is 6.07 Å². The van der Waals surface area contributed by atoms with Gasteiger partial charge in [0.05, 0.1) is 5.52 Å². The fourth-order valence-corrected chi connectivity index (χ4v) is 1.66. The Morgan fingerprint density at radius 3 is 2.41 bits per heavy atom. The number of benzene rings is 1. The van der Waals surface area contributed by atoms with Crippen LogP contribution in [0.4, 0.5) is 8.78 Å². The van der Waals surface area contributed by atoms with E-state index in [1.54, 1.807) is 0 Å². The molecule has 1 N–H and O–H groups in total. The van der Waals surface area contributed by atoms with Gasteiger partial charge in [0.2, 0.25) is 0 Å². The van der Waals surface area contributed by atoms with Crippen LogP contribution >= 0.6 is 0 Å². The predicted molar refractivity (Wildman–Crippen MR) is 63.2 cm³/mol. The molecule has 2 nitrogen and oxygen atoms in total. The second-order valence-electron chi connectivity index (χ2n) is 5.08. The van der Waals surface area contributed by atoms with Crippen LogP contribution in [0.15, 0.2) is 23.0 Å². The van der Waals surface area contributed by atoms with Gasteiger partial charge in [-0.3, -0.25) is 4.79 Å². The molecule has 0 bridgehead atoms. The van der Waals surface area contributed by atoms with E-state index in [0.29, 0.717) is 5.69 Å². The Balaban J connectivity index is 2.89. The van der Waals surface area contributed by atoms with Crippen molar-refractivity contribution in [2.24, 2.45) is 0 Å². The van der Waals surface area contributed by atoms with Crippen molar-refractivity contribution in [1.82, 2.24) is 4.98 Å². The van der Waals surface area contributed by atoms with Gasteiger partial charge in [-0.2, -0.15) is 0 Å². The first-order chi connectivity index (χ1) is 7.80. The molecule has 1 heterocycles. The summed E-state index contributed by atoms with van der Waals surface area (Å²) >= 11 is 0. The van der Waals surface area contributed by atoms with Gasteiger partial charge in [-0.15, -0.1) is 0 Å². The third-order valence-corrected chi connectivity index (χ3v) is 2.70. The molecule has 2 aromatic rings. The number of aromatic amines is 1. The smallest absolute Gasteiger partial charge is 0.189 e. The number of H-pyrrole nitrogens is 1. The number of hydrogen-bond acceptors (Lipinski definition) is 1. The van der Waals surface area contributed by atoms with Gasteiger partial charge in [0.1, 0.15) is 0 Å². The Hall–Kier alpha value is -1.71. The quantitative estimate of drug-likeness (QED) is 0.750. The molecule has 1 aromatic carbocycles. The Bertz CT molecular complexity index is 638. The Morgan fingerprint density at radius 2 is 1.82 bits per heavy atom. The Labute approximate surface area is 97.3 Å². The summed E-state index contributed by atoms with van der Waals surface area (Å²) in [5.74, 6) is -1.97. The van der Waals surface area contributed by atoms with Crippen LogP contribution in [0.25, 0.3) is 10.9 Å². The summed E-state index contributed by atoms with van der Waals surface area (Å²) in [7, 11) is 0. The van der Waals surface area contributed by atoms with E-state index >= 15 is 0 Å². The molecule has 0 saturated carbocycles. The molecule has 0 aliphatic heterocycles. The van der Waals surface area contributed by atoms with Crippen LogP contribution in [0.5, 0.6) is 0 Å². The predicted octanol–water partition coefficient (Wildman–Crippen LogP) is 3.10. The molecule has 0 amide bonds. The molecule has 0 aliphatic carbocycles. The van der Waals surface area contributed by atoms with Crippen molar-refractivity contribution in [1.29, 1.82) is 0 Å². The second kappa shape index (κ2) is 3.65. The van der Waals surface area contributed by atoms with Crippen molar-refractivity contribution in [2.75, 3.05) is 0 Å². The first-order valence-electron chi connectivity index (χ1n) is 5.32. The van der Waals surface area contributed by atoms with E-state index in [1.807, 2.05) is 20.8 Å². The monoisotopic (exact) mass is 237 g/mol. The summed E-state index contributed by atoms with van der Waals surface area (Å²) < 4.78 is 26.7. The maximum absolute atomic E-state index is 13.6. The molecule has 4 heteroatoms. The average Bonchev–Trinajstić information content (AvgIpc) is 2.22. The number of halogens is 2. The highest BCUT2D eigenvalue weighted by Gasteiger charge is 2.18. The Kier molecular flexibility index (Phi) is 2.53. The van der Waals surface area contributed by atoms with Gasteiger partial charge < -0.3 is 4.98 Å². The van der Waals surface area contributed by atoms with Crippen LogP contribution < -0.4 is 5.43 Å². The molecule has 0 fully saturated rings. The van der Waals surface area contributed by atoms with Crippen LogP contribution in [0.3, 0.4) is 0 Å². The molecule has 0 spiro atoms. The van der Waals surface area contributed by atoms with E-state index in [-0.39, 0.29) is 21.7 Å². The molecule has 17 heavy (non-hydrogen) atoms. The van der Waals surface area contributed by atoms with Crippen molar-refractivity contribution in [3.63, 3.8) is 0 Å². The topological polar surface area (TPSA) is 32.9 Å². The molecule has 1 aromatic heterocycles. The first kappa shape index (κ1) is 11.8. The Morgan fingerprint density at radius 1 is 1.18 bits per heavy atom. The van der Waals surface area contributed by atoms with Crippen LogP contribution in [0, 0.1) is 11.6 Å². The van der Waals surface area contributed by atoms with Gasteiger partial charge in [0.25, 0.3) is 0 Å². The van der Waals surface area contributed by atoms with E-state index in [4.69, 9.17) is 0 Å². The molecule has 0 aliphatic rings. The lowest BCUT2D eigenvalue weighted by atomic mass is 9.91. The summed E-state index contributed by atoms with van der Waals surface area (Å²) in [5, 5.41) is 0.164. The summed E-state index contributed by atoms with van der Waals surface area (Å²) in [6, 6.07) is 3.68. The summed E-state index contributed by atoms with van der Waals surface area (Å²) in [6.45, 7) is 5.67. The van der Waals surface area contributed by atoms with Crippen LogP contribution in [-0.4, -0.2) is 4.98 Å². The number of nitrogens with one attached hydrogen (secondary N) is 1. The van der Waals surface area contributed by atoms with Crippen molar-refractivity contribution < 1.29 is 8.78 Å².